The number of rotatable bonds is 7. The molecule has 0 amide bonds. The predicted octanol–water partition coefficient (Wildman–Crippen LogP) is 1.48. The number of aliphatic carboxylic acids is 1. The Kier molecular flexibility index (Phi) is 4.17. The van der Waals surface area contributed by atoms with Gasteiger partial charge in [0.05, 0.1) is 6.04 Å². The lowest BCUT2D eigenvalue weighted by molar-refractivity contribution is -0.143. The summed E-state index contributed by atoms with van der Waals surface area (Å²) >= 11 is 1.43. The first kappa shape index (κ1) is 14.8. The van der Waals surface area contributed by atoms with Crippen molar-refractivity contribution >= 4 is 17.7 Å². The molecule has 21 heavy (non-hydrogen) atoms. The SMILES string of the molecule is CC(CSc1nnnn1C1CCCC1)(NC1CC1)C(=O)O. The number of aromatic nitrogens is 4. The molecule has 2 fully saturated rings. The number of nitrogens with zero attached hydrogens (tertiary/aromatic N) is 4. The predicted molar refractivity (Wildman–Crippen MR) is 78.2 cm³/mol. The molecule has 1 heterocycles. The standard InChI is InChI=1S/C13H21N5O2S/c1-13(11(19)20,14-9-6-7-9)8-21-12-15-16-17-18(12)10-4-2-3-5-10/h9-10,14H,2-8H2,1H3,(H,19,20). The van der Waals surface area contributed by atoms with Gasteiger partial charge < -0.3 is 5.11 Å². The molecule has 116 valence electrons. The van der Waals surface area contributed by atoms with E-state index in [-0.39, 0.29) is 0 Å². The summed E-state index contributed by atoms with van der Waals surface area (Å²) in [5, 5.41) is 25.3. The van der Waals surface area contributed by atoms with Crippen molar-refractivity contribution in [1.82, 2.24) is 25.5 Å². The fourth-order valence-corrected chi connectivity index (χ4v) is 3.75. The molecule has 8 heteroatoms. The molecule has 3 rings (SSSR count). The van der Waals surface area contributed by atoms with Crippen molar-refractivity contribution < 1.29 is 9.90 Å². The molecule has 0 bridgehead atoms. The summed E-state index contributed by atoms with van der Waals surface area (Å²) in [6, 6.07) is 0.715. The summed E-state index contributed by atoms with van der Waals surface area (Å²) in [5.41, 5.74) is -0.932. The lowest BCUT2D eigenvalue weighted by Gasteiger charge is -2.25. The minimum atomic E-state index is -0.932. The van der Waals surface area contributed by atoms with Gasteiger partial charge >= 0.3 is 5.97 Å². The maximum absolute atomic E-state index is 11.6. The van der Waals surface area contributed by atoms with Crippen LogP contribution in [-0.4, -0.2) is 48.6 Å². The van der Waals surface area contributed by atoms with Gasteiger partial charge in [-0.15, -0.1) is 5.10 Å². The number of hydrogen-bond acceptors (Lipinski definition) is 6. The van der Waals surface area contributed by atoms with Crippen LogP contribution in [0.15, 0.2) is 5.16 Å². The third-order valence-corrected chi connectivity index (χ3v) is 5.44. The van der Waals surface area contributed by atoms with Crippen LogP contribution < -0.4 is 5.32 Å². The Bertz CT molecular complexity index is 512. The number of tetrazole rings is 1. The minimum absolute atomic E-state index is 0.345. The monoisotopic (exact) mass is 311 g/mol. The van der Waals surface area contributed by atoms with E-state index in [9.17, 15) is 9.90 Å². The van der Waals surface area contributed by atoms with Crippen LogP contribution >= 0.6 is 11.8 Å². The summed E-state index contributed by atoms with van der Waals surface area (Å²) in [6.45, 7) is 1.74. The molecule has 1 aromatic heterocycles. The third-order valence-electron chi connectivity index (χ3n) is 4.20. The molecule has 2 N–H and O–H groups in total. The topological polar surface area (TPSA) is 92.9 Å². The Morgan fingerprint density at radius 1 is 1.43 bits per heavy atom. The smallest absolute Gasteiger partial charge is 0.324 e. The highest BCUT2D eigenvalue weighted by molar-refractivity contribution is 7.99. The van der Waals surface area contributed by atoms with E-state index in [0.717, 1.165) is 30.8 Å². The molecular weight excluding hydrogens is 290 g/mol. The summed E-state index contributed by atoms with van der Waals surface area (Å²) < 4.78 is 1.87. The van der Waals surface area contributed by atoms with Crippen LogP contribution in [0.3, 0.4) is 0 Å². The van der Waals surface area contributed by atoms with Crippen molar-refractivity contribution in [2.45, 2.75) is 68.2 Å². The summed E-state index contributed by atoms with van der Waals surface area (Å²) in [7, 11) is 0. The molecule has 1 unspecified atom stereocenters. The van der Waals surface area contributed by atoms with E-state index >= 15 is 0 Å². The number of hydrogen-bond donors (Lipinski definition) is 2. The fourth-order valence-electron chi connectivity index (χ4n) is 2.71. The van der Waals surface area contributed by atoms with Crippen LogP contribution in [0.4, 0.5) is 0 Å². The highest BCUT2D eigenvalue weighted by atomic mass is 32.2. The number of carboxylic acid groups (broad SMARTS) is 1. The third kappa shape index (κ3) is 3.37. The maximum Gasteiger partial charge on any atom is 0.324 e. The zero-order chi connectivity index (χ0) is 14.9. The fraction of sp³-hybridized carbons (Fsp3) is 0.846. The molecule has 2 saturated carbocycles. The zero-order valence-electron chi connectivity index (χ0n) is 12.2. The highest BCUT2D eigenvalue weighted by Crippen LogP contribution is 2.32. The van der Waals surface area contributed by atoms with Crippen LogP contribution in [0.5, 0.6) is 0 Å². The molecular formula is C13H21N5O2S. The average molecular weight is 311 g/mol. The van der Waals surface area contributed by atoms with Gasteiger partial charge in [-0.05, 0) is 43.0 Å². The second-order valence-corrected chi connectivity index (χ2v) is 7.13. The first-order chi connectivity index (χ1) is 10.1. The molecule has 2 aliphatic carbocycles. The number of carbonyl (C=O) groups is 1. The van der Waals surface area contributed by atoms with Gasteiger partial charge in [0, 0.05) is 11.8 Å². The van der Waals surface area contributed by atoms with Crippen LogP contribution in [0.25, 0.3) is 0 Å². The Morgan fingerprint density at radius 2 is 2.14 bits per heavy atom. The molecule has 0 radical (unpaired) electrons. The van der Waals surface area contributed by atoms with Gasteiger partial charge in [-0.2, -0.15) is 0 Å². The van der Waals surface area contributed by atoms with Crippen molar-refractivity contribution in [1.29, 1.82) is 0 Å². The molecule has 0 saturated heterocycles. The Labute approximate surface area is 127 Å². The highest BCUT2D eigenvalue weighted by Gasteiger charge is 2.39. The van der Waals surface area contributed by atoms with Gasteiger partial charge in [0.2, 0.25) is 5.16 Å². The average Bonchev–Trinajstić information content (AvgIpc) is 2.96. The van der Waals surface area contributed by atoms with E-state index in [1.165, 1.54) is 24.6 Å². The van der Waals surface area contributed by atoms with Crippen molar-refractivity contribution in [3.8, 4) is 0 Å². The Hall–Kier alpha value is -1.15. The first-order valence-electron chi connectivity index (χ1n) is 7.50. The number of carboxylic acids is 1. The molecule has 1 atom stereocenters. The van der Waals surface area contributed by atoms with Gasteiger partial charge in [0.15, 0.2) is 0 Å². The van der Waals surface area contributed by atoms with Crippen molar-refractivity contribution in [3.63, 3.8) is 0 Å². The lowest BCUT2D eigenvalue weighted by Crippen LogP contribution is -2.52. The molecule has 0 aliphatic heterocycles. The number of nitrogens with one attached hydrogen (secondary N) is 1. The minimum Gasteiger partial charge on any atom is -0.480 e. The maximum atomic E-state index is 11.6. The Morgan fingerprint density at radius 3 is 2.76 bits per heavy atom. The molecule has 0 aromatic carbocycles. The largest absolute Gasteiger partial charge is 0.480 e. The summed E-state index contributed by atoms with van der Waals surface area (Å²) in [4.78, 5) is 11.6. The molecule has 0 spiro atoms. The summed E-state index contributed by atoms with van der Waals surface area (Å²) in [6.07, 6.45) is 6.76. The van der Waals surface area contributed by atoms with E-state index in [2.05, 4.69) is 20.8 Å². The molecule has 7 nitrogen and oxygen atoms in total. The molecule has 2 aliphatic rings. The van der Waals surface area contributed by atoms with Crippen molar-refractivity contribution in [2.24, 2.45) is 0 Å². The summed E-state index contributed by atoms with van der Waals surface area (Å²) in [5.74, 6) is -0.395. The van der Waals surface area contributed by atoms with Gasteiger partial charge in [0.1, 0.15) is 5.54 Å². The van der Waals surface area contributed by atoms with Gasteiger partial charge in [-0.25, -0.2) is 4.68 Å². The quantitative estimate of drug-likeness (QED) is 0.737. The van der Waals surface area contributed by atoms with E-state index in [1.54, 1.807) is 6.92 Å². The first-order valence-corrected chi connectivity index (χ1v) is 8.49. The van der Waals surface area contributed by atoms with Gasteiger partial charge in [0.25, 0.3) is 0 Å². The van der Waals surface area contributed by atoms with Crippen LogP contribution in [0.2, 0.25) is 0 Å². The van der Waals surface area contributed by atoms with Crippen LogP contribution in [0, 0.1) is 0 Å². The normalized spacial score (nSPS) is 22.3. The second-order valence-electron chi connectivity index (χ2n) is 6.19. The van der Waals surface area contributed by atoms with E-state index in [1.807, 2.05) is 4.68 Å². The van der Waals surface area contributed by atoms with E-state index in [4.69, 9.17) is 0 Å². The van der Waals surface area contributed by atoms with E-state index in [0.29, 0.717) is 17.8 Å². The Balaban J connectivity index is 1.65. The van der Waals surface area contributed by atoms with E-state index < -0.39 is 11.5 Å². The van der Waals surface area contributed by atoms with Gasteiger partial charge in [-0.1, -0.05) is 24.6 Å². The van der Waals surface area contributed by atoms with Gasteiger partial charge in [-0.3, -0.25) is 10.1 Å². The zero-order valence-corrected chi connectivity index (χ0v) is 13.0. The second kappa shape index (κ2) is 5.92. The molecule has 1 aromatic rings. The van der Waals surface area contributed by atoms with Crippen LogP contribution in [0.1, 0.15) is 51.5 Å². The number of thioether (sulfide) groups is 1. The van der Waals surface area contributed by atoms with Crippen molar-refractivity contribution in [3.05, 3.63) is 0 Å². The van der Waals surface area contributed by atoms with Crippen molar-refractivity contribution in [2.75, 3.05) is 5.75 Å². The van der Waals surface area contributed by atoms with Crippen LogP contribution in [-0.2, 0) is 4.79 Å². The lowest BCUT2D eigenvalue weighted by atomic mass is 10.1.